The number of nitrogens with one attached hydrogen (secondary N) is 1. The van der Waals surface area contributed by atoms with Crippen LogP contribution in [0.3, 0.4) is 0 Å². The van der Waals surface area contributed by atoms with Crippen LogP contribution in [0.2, 0.25) is 0 Å². The number of rotatable bonds is 4. The van der Waals surface area contributed by atoms with E-state index in [9.17, 15) is 9.59 Å². The molecule has 1 saturated carbocycles. The van der Waals surface area contributed by atoms with Crippen molar-refractivity contribution >= 4 is 11.9 Å². The van der Waals surface area contributed by atoms with Crippen LogP contribution in [0, 0.1) is 12.8 Å². The molecular weight excluding hydrogens is 294 g/mol. The van der Waals surface area contributed by atoms with Crippen molar-refractivity contribution in [2.75, 3.05) is 0 Å². The van der Waals surface area contributed by atoms with Gasteiger partial charge in [-0.05, 0) is 37.8 Å². The average molecular weight is 313 g/mol. The Morgan fingerprint density at radius 1 is 1.30 bits per heavy atom. The van der Waals surface area contributed by atoms with Crippen LogP contribution in [-0.4, -0.2) is 32.8 Å². The van der Waals surface area contributed by atoms with E-state index >= 15 is 0 Å². The maximum absolute atomic E-state index is 12.3. The number of hydrogen-bond donors (Lipinski definition) is 2. The van der Waals surface area contributed by atoms with Crippen LogP contribution in [-0.2, 0) is 4.79 Å². The summed E-state index contributed by atoms with van der Waals surface area (Å²) in [6.45, 7) is 1.99. The Morgan fingerprint density at radius 2 is 2.09 bits per heavy atom. The van der Waals surface area contributed by atoms with E-state index in [2.05, 4.69) is 10.4 Å². The molecule has 0 aliphatic heterocycles. The van der Waals surface area contributed by atoms with Crippen LogP contribution in [0.15, 0.2) is 36.7 Å². The van der Waals surface area contributed by atoms with E-state index in [0.717, 1.165) is 11.3 Å². The lowest BCUT2D eigenvalue weighted by atomic mass is 10.1. The van der Waals surface area contributed by atoms with Gasteiger partial charge < -0.3 is 10.4 Å². The molecule has 2 N–H and O–H groups in total. The number of amides is 1. The molecule has 1 aliphatic rings. The SMILES string of the molecule is Cc1ccccc1-n1cc(C(=O)N[C@@H]2CC[C@H](C(=O)O)C2)cn1. The maximum atomic E-state index is 12.3. The van der Waals surface area contributed by atoms with E-state index in [1.54, 1.807) is 10.9 Å². The Morgan fingerprint density at radius 3 is 2.78 bits per heavy atom. The van der Waals surface area contributed by atoms with Gasteiger partial charge in [0.25, 0.3) is 5.91 Å². The van der Waals surface area contributed by atoms with Gasteiger partial charge in [-0.15, -0.1) is 0 Å². The number of benzene rings is 1. The van der Waals surface area contributed by atoms with Crippen molar-refractivity contribution in [3.05, 3.63) is 47.8 Å². The van der Waals surface area contributed by atoms with Gasteiger partial charge in [-0.2, -0.15) is 5.10 Å². The second-order valence-corrected chi connectivity index (χ2v) is 5.98. The molecule has 3 rings (SSSR count). The van der Waals surface area contributed by atoms with Gasteiger partial charge >= 0.3 is 5.97 Å². The summed E-state index contributed by atoms with van der Waals surface area (Å²) in [5.74, 6) is -1.34. The van der Waals surface area contributed by atoms with Gasteiger partial charge in [0.1, 0.15) is 0 Å². The van der Waals surface area contributed by atoms with E-state index in [4.69, 9.17) is 5.11 Å². The second kappa shape index (κ2) is 6.24. The molecule has 23 heavy (non-hydrogen) atoms. The highest BCUT2D eigenvalue weighted by molar-refractivity contribution is 5.94. The summed E-state index contributed by atoms with van der Waals surface area (Å²) in [6.07, 6.45) is 5.04. The summed E-state index contributed by atoms with van der Waals surface area (Å²) in [7, 11) is 0. The van der Waals surface area contributed by atoms with Gasteiger partial charge in [-0.3, -0.25) is 9.59 Å². The molecule has 0 saturated heterocycles. The minimum absolute atomic E-state index is 0.0783. The standard InChI is InChI=1S/C17H19N3O3/c1-11-4-2-3-5-15(11)20-10-13(9-18-20)16(21)19-14-7-6-12(8-14)17(22)23/h2-5,9-10,12,14H,6-8H2,1H3,(H,19,21)(H,22,23)/t12-,14+/m0/s1. The highest BCUT2D eigenvalue weighted by Gasteiger charge is 2.30. The molecule has 0 bridgehead atoms. The molecule has 2 atom stereocenters. The highest BCUT2D eigenvalue weighted by Crippen LogP contribution is 2.26. The number of carboxylic acid groups (broad SMARTS) is 1. The Kier molecular flexibility index (Phi) is 4.14. The van der Waals surface area contributed by atoms with Gasteiger partial charge in [-0.1, -0.05) is 18.2 Å². The van der Waals surface area contributed by atoms with Gasteiger partial charge in [0.15, 0.2) is 0 Å². The molecule has 1 amide bonds. The van der Waals surface area contributed by atoms with Crippen molar-refractivity contribution in [2.24, 2.45) is 5.92 Å². The van der Waals surface area contributed by atoms with Crippen molar-refractivity contribution < 1.29 is 14.7 Å². The summed E-state index contributed by atoms with van der Waals surface area (Å²) >= 11 is 0. The lowest BCUT2D eigenvalue weighted by molar-refractivity contribution is -0.141. The van der Waals surface area contributed by atoms with E-state index in [1.807, 2.05) is 31.2 Å². The molecule has 120 valence electrons. The van der Waals surface area contributed by atoms with Crippen LogP contribution in [0.4, 0.5) is 0 Å². The van der Waals surface area contributed by atoms with Crippen molar-refractivity contribution in [1.82, 2.24) is 15.1 Å². The third-order valence-corrected chi connectivity index (χ3v) is 4.32. The Bertz CT molecular complexity index is 738. The zero-order chi connectivity index (χ0) is 16.4. The number of nitrogens with zero attached hydrogens (tertiary/aromatic N) is 2. The zero-order valence-electron chi connectivity index (χ0n) is 12.9. The number of aliphatic carboxylic acids is 1. The molecule has 0 unspecified atom stereocenters. The van der Waals surface area contributed by atoms with Crippen molar-refractivity contribution in [2.45, 2.75) is 32.2 Å². The predicted molar refractivity (Wildman–Crippen MR) is 84.5 cm³/mol. The van der Waals surface area contributed by atoms with Crippen LogP contribution in [0.25, 0.3) is 5.69 Å². The summed E-state index contributed by atoms with van der Waals surface area (Å²) in [5, 5.41) is 16.2. The van der Waals surface area contributed by atoms with Gasteiger partial charge in [-0.25, -0.2) is 4.68 Å². The summed E-state index contributed by atoms with van der Waals surface area (Å²) in [4.78, 5) is 23.3. The molecular formula is C17H19N3O3. The molecule has 0 radical (unpaired) electrons. The van der Waals surface area contributed by atoms with Crippen LogP contribution >= 0.6 is 0 Å². The molecule has 0 spiro atoms. The summed E-state index contributed by atoms with van der Waals surface area (Å²) in [5.41, 5.74) is 2.48. The van der Waals surface area contributed by atoms with Gasteiger partial charge in [0.05, 0.1) is 23.4 Å². The van der Waals surface area contributed by atoms with Gasteiger partial charge in [0.2, 0.25) is 0 Å². The zero-order valence-corrected chi connectivity index (χ0v) is 12.9. The topological polar surface area (TPSA) is 84.2 Å². The first-order chi connectivity index (χ1) is 11.0. The Balaban J connectivity index is 1.68. The fourth-order valence-corrected chi connectivity index (χ4v) is 3.00. The first-order valence-electron chi connectivity index (χ1n) is 7.69. The lowest BCUT2D eigenvalue weighted by Crippen LogP contribution is -2.33. The smallest absolute Gasteiger partial charge is 0.306 e. The third kappa shape index (κ3) is 3.26. The fraction of sp³-hybridized carbons (Fsp3) is 0.353. The Labute approximate surface area is 134 Å². The molecule has 6 heteroatoms. The van der Waals surface area contributed by atoms with Crippen molar-refractivity contribution in [3.8, 4) is 5.69 Å². The van der Waals surface area contributed by atoms with Crippen LogP contribution in [0.1, 0.15) is 35.2 Å². The number of hydrogen-bond acceptors (Lipinski definition) is 3. The number of para-hydroxylation sites is 1. The number of aryl methyl sites for hydroxylation is 1. The summed E-state index contributed by atoms with van der Waals surface area (Å²) < 4.78 is 1.68. The monoisotopic (exact) mass is 313 g/mol. The van der Waals surface area contributed by atoms with E-state index < -0.39 is 5.97 Å². The first-order valence-corrected chi connectivity index (χ1v) is 7.69. The Hall–Kier alpha value is -2.63. The van der Waals surface area contributed by atoms with E-state index in [0.29, 0.717) is 24.8 Å². The third-order valence-electron chi connectivity index (χ3n) is 4.32. The van der Waals surface area contributed by atoms with Crippen LogP contribution in [0.5, 0.6) is 0 Å². The molecule has 1 heterocycles. The largest absolute Gasteiger partial charge is 0.481 e. The lowest BCUT2D eigenvalue weighted by Gasteiger charge is -2.11. The minimum Gasteiger partial charge on any atom is -0.481 e. The van der Waals surface area contributed by atoms with Crippen LogP contribution < -0.4 is 5.32 Å². The number of carbonyl (C=O) groups excluding carboxylic acids is 1. The number of aromatic nitrogens is 2. The second-order valence-electron chi connectivity index (χ2n) is 5.98. The molecule has 1 aromatic carbocycles. The number of carboxylic acids is 1. The highest BCUT2D eigenvalue weighted by atomic mass is 16.4. The quantitative estimate of drug-likeness (QED) is 0.906. The average Bonchev–Trinajstić information content (AvgIpc) is 3.16. The van der Waals surface area contributed by atoms with E-state index in [-0.39, 0.29) is 17.9 Å². The number of carbonyl (C=O) groups is 2. The van der Waals surface area contributed by atoms with Crippen molar-refractivity contribution in [1.29, 1.82) is 0 Å². The molecule has 1 aromatic heterocycles. The van der Waals surface area contributed by atoms with Crippen molar-refractivity contribution in [3.63, 3.8) is 0 Å². The predicted octanol–water partition coefficient (Wildman–Crippen LogP) is 2.16. The van der Waals surface area contributed by atoms with Gasteiger partial charge in [0, 0.05) is 12.2 Å². The molecule has 1 aliphatic carbocycles. The molecule has 6 nitrogen and oxygen atoms in total. The normalized spacial score (nSPS) is 20.4. The summed E-state index contributed by atoms with van der Waals surface area (Å²) in [6, 6.07) is 7.73. The van der Waals surface area contributed by atoms with E-state index in [1.165, 1.54) is 6.20 Å². The molecule has 1 fully saturated rings. The molecule has 2 aromatic rings. The minimum atomic E-state index is -0.783. The maximum Gasteiger partial charge on any atom is 0.306 e. The fourth-order valence-electron chi connectivity index (χ4n) is 3.00. The first kappa shape index (κ1) is 15.3.